The number of halogens is 1. The van der Waals surface area contributed by atoms with Crippen molar-refractivity contribution in [2.75, 3.05) is 7.11 Å². The summed E-state index contributed by atoms with van der Waals surface area (Å²) in [5.41, 5.74) is 1.02. The normalized spacial score (nSPS) is 10.4. The average molecular weight is 353 g/mol. The number of fused-ring (bicyclic) bond motifs is 1. The summed E-state index contributed by atoms with van der Waals surface area (Å²) in [6.07, 6.45) is 0.270. The molecule has 1 heterocycles. The van der Waals surface area contributed by atoms with Crippen LogP contribution >= 0.6 is 11.6 Å². The lowest BCUT2D eigenvalue weighted by Crippen LogP contribution is -2.10. The van der Waals surface area contributed by atoms with E-state index in [9.17, 15) is 9.59 Å². The highest BCUT2D eigenvalue weighted by molar-refractivity contribution is 6.31. The highest BCUT2D eigenvalue weighted by Crippen LogP contribution is 2.25. The zero-order chi connectivity index (χ0) is 18.0. The summed E-state index contributed by atoms with van der Waals surface area (Å²) in [5, 5.41) is 9.51. The van der Waals surface area contributed by atoms with Gasteiger partial charge in [-0.15, -0.1) is 0 Å². The zero-order valence-corrected chi connectivity index (χ0v) is 14.1. The molecule has 0 aliphatic heterocycles. The Morgan fingerprint density at radius 3 is 2.52 bits per heavy atom. The van der Waals surface area contributed by atoms with Crippen molar-refractivity contribution in [3.63, 3.8) is 0 Å². The molecule has 0 spiro atoms. The second kappa shape index (κ2) is 6.80. The van der Waals surface area contributed by atoms with E-state index in [1.54, 1.807) is 36.4 Å². The first-order valence-corrected chi connectivity index (χ1v) is 7.83. The summed E-state index contributed by atoms with van der Waals surface area (Å²) < 4.78 is 5.22. The van der Waals surface area contributed by atoms with E-state index in [2.05, 4.69) is 11.1 Å². The predicted octanol–water partition coefficient (Wildman–Crippen LogP) is 3.28. The minimum atomic E-state index is -0.520. The van der Waals surface area contributed by atoms with Crippen molar-refractivity contribution in [2.24, 2.45) is 0 Å². The van der Waals surface area contributed by atoms with E-state index in [4.69, 9.17) is 21.6 Å². The van der Waals surface area contributed by atoms with Crippen LogP contribution in [-0.4, -0.2) is 12.1 Å². The molecule has 0 saturated carbocycles. The molecule has 6 heteroatoms. The van der Waals surface area contributed by atoms with Crippen LogP contribution in [0.3, 0.4) is 0 Å². The molecule has 0 amide bonds. The fraction of sp³-hybridized carbons (Fsp3) is 0.105. The highest BCUT2D eigenvalue weighted by atomic mass is 35.5. The number of aromatic amines is 1. The van der Waals surface area contributed by atoms with Gasteiger partial charge in [0.25, 0.3) is 5.56 Å². The molecule has 0 saturated heterocycles. The van der Waals surface area contributed by atoms with E-state index in [1.807, 2.05) is 0 Å². The van der Waals surface area contributed by atoms with Gasteiger partial charge in [0.2, 0.25) is 0 Å². The van der Waals surface area contributed by atoms with Crippen LogP contribution in [0.25, 0.3) is 22.0 Å². The van der Waals surface area contributed by atoms with Crippen LogP contribution in [0.15, 0.2) is 52.1 Å². The molecule has 2 aromatic carbocycles. The number of hydrogen-bond donors (Lipinski definition) is 1. The van der Waals surface area contributed by atoms with Crippen molar-refractivity contribution in [2.45, 2.75) is 6.42 Å². The van der Waals surface area contributed by atoms with Crippen LogP contribution in [0.5, 0.6) is 5.75 Å². The van der Waals surface area contributed by atoms with Gasteiger partial charge in [-0.1, -0.05) is 35.9 Å². The van der Waals surface area contributed by atoms with Gasteiger partial charge in [-0.3, -0.25) is 9.59 Å². The largest absolute Gasteiger partial charge is 0.491 e. The molecule has 1 aromatic heterocycles. The molecule has 0 fully saturated rings. The van der Waals surface area contributed by atoms with E-state index in [0.717, 1.165) is 5.56 Å². The van der Waals surface area contributed by atoms with E-state index in [0.29, 0.717) is 21.5 Å². The number of nitrogens with one attached hydrogen (secondary N) is 1. The number of nitriles is 1. The third-order valence-electron chi connectivity index (χ3n) is 3.86. The topological polar surface area (TPSA) is 82.9 Å². The van der Waals surface area contributed by atoms with Gasteiger partial charge in [-0.05, 0) is 29.3 Å². The van der Waals surface area contributed by atoms with Crippen LogP contribution in [-0.2, 0) is 6.42 Å². The predicted molar refractivity (Wildman–Crippen MR) is 97.2 cm³/mol. The Balaban J connectivity index is 2.39. The van der Waals surface area contributed by atoms with Gasteiger partial charge in [0.15, 0.2) is 11.2 Å². The monoisotopic (exact) mass is 352 g/mol. The standard InChI is InChI=1S/C19H13ClN2O3/c1-25-18-16(12-4-2-11(3-5-12)8-9-21)17(23)14-7-6-13(20)10-15(14)22-19(18)24/h2-7,10H,8H2,1H3,(H,22,24). The molecule has 3 rings (SSSR count). The smallest absolute Gasteiger partial charge is 0.291 e. The van der Waals surface area contributed by atoms with E-state index < -0.39 is 5.56 Å². The number of ether oxygens (including phenoxy) is 1. The van der Waals surface area contributed by atoms with Crippen LogP contribution in [0, 0.1) is 11.3 Å². The van der Waals surface area contributed by atoms with Crippen LogP contribution in [0.1, 0.15) is 5.56 Å². The molecule has 0 aliphatic carbocycles. The lowest BCUT2D eigenvalue weighted by atomic mass is 10.0. The molecule has 1 N–H and O–H groups in total. The summed E-state index contributed by atoms with van der Waals surface area (Å²) in [6.45, 7) is 0. The first-order chi connectivity index (χ1) is 12.0. The van der Waals surface area contributed by atoms with Crippen LogP contribution in [0.2, 0.25) is 5.02 Å². The Labute approximate surface area is 148 Å². The van der Waals surface area contributed by atoms with Gasteiger partial charge in [0.1, 0.15) is 0 Å². The Bertz CT molecular complexity index is 1110. The molecule has 0 unspecified atom stereocenters. The lowest BCUT2D eigenvalue weighted by Gasteiger charge is -2.04. The summed E-state index contributed by atoms with van der Waals surface area (Å²) >= 11 is 5.96. The summed E-state index contributed by atoms with van der Waals surface area (Å²) in [5.74, 6) is -0.0645. The second-order valence-electron chi connectivity index (χ2n) is 5.41. The van der Waals surface area contributed by atoms with Gasteiger partial charge < -0.3 is 9.72 Å². The maximum absolute atomic E-state index is 13.0. The van der Waals surface area contributed by atoms with Crippen molar-refractivity contribution in [3.05, 3.63) is 73.6 Å². The minimum Gasteiger partial charge on any atom is -0.491 e. The molecule has 5 nitrogen and oxygen atoms in total. The maximum atomic E-state index is 13.0. The Kier molecular flexibility index (Phi) is 4.55. The first kappa shape index (κ1) is 16.7. The fourth-order valence-electron chi connectivity index (χ4n) is 2.69. The van der Waals surface area contributed by atoms with Crippen molar-refractivity contribution >= 4 is 22.5 Å². The van der Waals surface area contributed by atoms with Crippen molar-refractivity contribution in [1.82, 2.24) is 4.98 Å². The van der Waals surface area contributed by atoms with Crippen LogP contribution < -0.4 is 15.7 Å². The minimum absolute atomic E-state index is 0.0645. The van der Waals surface area contributed by atoms with Crippen molar-refractivity contribution in [1.29, 1.82) is 5.26 Å². The van der Waals surface area contributed by atoms with E-state index >= 15 is 0 Å². The number of benzene rings is 2. The molecular formula is C19H13ClN2O3. The molecular weight excluding hydrogens is 340 g/mol. The van der Waals surface area contributed by atoms with Gasteiger partial charge >= 0.3 is 0 Å². The van der Waals surface area contributed by atoms with Crippen LogP contribution in [0.4, 0.5) is 0 Å². The number of H-pyrrole nitrogens is 1. The van der Waals surface area contributed by atoms with Gasteiger partial charge in [0, 0.05) is 10.4 Å². The lowest BCUT2D eigenvalue weighted by molar-refractivity contribution is 0.411. The molecule has 0 atom stereocenters. The van der Waals surface area contributed by atoms with E-state index in [1.165, 1.54) is 13.2 Å². The summed E-state index contributed by atoms with van der Waals surface area (Å²) in [7, 11) is 1.34. The second-order valence-corrected chi connectivity index (χ2v) is 5.85. The molecule has 124 valence electrons. The third-order valence-corrected chi connectivity index (χ3v) is 4.10. The van der Waals surface area contributed by atoms with Gasteiger partial charge in [0.05, 0.1) is 30.7 Å². The first-order valence-electron chi connectivity index (χ1n) is 7.45. The average Bonchev–Trinajstić information content (AvgIpc) is 2.69. The quantitative estimate of drug-likeness (QED) is 0.784. The Morgan fingerprint density at radius 1 is 1.16 bits per heavy atom. The maximum Gasteiger partial charge on any atom is 0.291 e. The Morgan fingerprint density at radius 2 is 1.88 bits per heavy atom. The number of hydrogen-bond acceptors (Lipinski definition) is 4. The van der Waals surface area contributed by atoms with Crippen molar-refractivity contribution < 1.29 is 4.74 Å². The molecule has 0 radical (unpaired) electrons. The highest BCUT2D eigenvalue weighted by Gasteiger charge is 2.16. The number of rotatable bonds is 3. The Hall–Kier alpha value is -3.10. The zero-order valence-electron chi connectivity index (χ0n) is 13.3. The fourth-order valence-corrected chi connectivity index (χ4v) is 2.86. The molecule has 25 heavy (non-hydrogen) atoms. The van der Waals surface area contributed by atoms with Gasteiger partial charge in [-0.25, -0.2) is 0 Å². The SMILES string of the molecule is COc1c(-c2ccc(CC#N)cc2)c(=O)c2ccc(Cl)cc2[nH]c1=O. The van der Waals surface area contributed by atoms with Gasteiger partial charge in [-0.2, -0.15) is 5.26 Å². The molecule has 3 aromatic rings. The number of methoxy groups -OCH3 is 1. The number of nitrogens with zero attached hydrogens (tertiary/aromatic N) is 1. The molecule has 0 aliphatic rings. The summed E-state index contributed by atoms with van der Waals surface area (Å²) in [6, 6.07) is 13.7. The molecule has 0 bridgehead atoms. The van der Waals surface area contributed by atoms with Crippen molar-refractivity contribution in [3.8, 4) is 22.9 Å². The third kappa shape index (κ3) is 3.12. The number of aromatic nitrogens is 1. The van der Waals surface area contributed by atoms with E-state index in [-0.39, 0.29) is 23.2 Å². The summed E-state index contributed by atoms with van der Waals surface area (Å²) in [4.78, 5) is 28.2.